The van der Waals surface area contributed by atoms with Gasteiger partial charge in [-0.15, -0.1) is 0 Å². The Morgan fingerprint density at radius 2 is 1.95 bits per heavy atom. The molecular weight excluding hydrogens is 414 g/mol. The lowest BCUT2D eigenvalue weighted by atomic mass is 10.1. The van der Waals surface area contributed by atoms with Crippen LogP contribution in [-0.4, -0.2) is 4.92 Å². The lowest BCUT2D eigenvalue weighted by Gasteiger charge is -2.10. The van der Waals surface area contributed by atoms with E-state index in [1.807, 2.05) is 18.2 Å². The molecule has 0 unspecified atom stereocenters. The summed E-state index contributed by atoms with van der Waals surface area (Å²) in [5.41, 5.74) is 1.14. The lowest BCUT2D eigenvalue weighted by molar-refractivity contribution is -0.385. The van der Waals surface area contributed by atoms with Crippen LogP contribution in [0.2, 0.25) is 10.0 Å². The van der Waals surface area contributed by atoms with Crippen molar-refractivity contribution in [1.82, 2.24) is 0 Å². The minimum atomic E-state index is -0.446. The summed E-state index contributed by atoms with van der Waals surface area (Å²) < 4.78 is 1.02. The van der Waals surface area contributed by atoms with Crippen LogP contribution in [0.5, 0.6) is 0 Å². The third kappa shape index (κ3) is 3.53. The molecule has 2 rings (SSSR count). The highest BCUT2D eigenvalue weighted by Gasteiger charge is 2.16. The SMILES string of the molecule is O=[N+]([O-])c1cccc(Cl)c1CNc1ccc(I)cc1Cl. The summed E-state index contributed by atoms with van der Waals surface area (Å²) in [5.74, 6) is 0. The summed E-state index contributed by atoms with van der Waals surface area (Å²) in [7, 11) is 0. The van der Waals surface area contributed by atoms with Crippen LogP contribution in [0, 0.1) is 13.7 Å². The highest BCUT2D eigenvalue weighted by Crippen LogP contribution is 2.29. The number of halogens is 3. The number of anilines is 1. The van der Waals surface area contributed by atoms with E-state index in [9.17, 15) is 10.1 Å². The molecule has 0 heterocycles. The van der Waals surface area contributed by atoms with E-state index >= 15 is 0 Å². The van der Waals surface area contributed by atoms with Crippen molar-refractivity contribution in [2.24, 2.45) is 0 Å². The lowest BCUT2D eigenvalue weighted by Crippen LogP contribution is -2.04. The quantitative estimate of drug-likeness (QED) is 0.422. The van der Waals surface area contributed by atoms with Crippen molar-refractivity contribution < 1.29 is 4.92 Å². The van der Waals surface area contributed by atoms with Gasteiger partial charge in [-0.3, -0.25) is 10.1 Å². The summed E-state index contributed by atoms with van der Waals surface area (Å²) >= 11 is 14.3. The third-order valence-electron chi connectivity index (χ3n) is 2.68. The highest BCUT2D eigenvalue weighted by atomic mass is 127. The molecule has 0 atom stereocenters. The normalized spacial score (nSPS) is 10.3. The maximum atomic E-state index is 11.0. The van der Waals surface area contributed by atoms with Gasteiger partial charge < -0.3 is 5.32 Å². The molecule has 0 fully saturated rings. The Hall–Kier alpha value is -1.05. The summed E-state index contributed by atoms with van der Waals surface area (Å²) in [5, 5.41) is 15.0. The van der Waals surface area contributed by atoms with Crippen molar-refractivity contribution in [2.75, 3.05) is 5.32 Å². The summed E-state index contributed by atoms with van der Waals surface area (Å²) in [6, 6.07) is 10.1. The van der Waals surface area contributed by atoms with Crippen molar-refractivity contribution in [2.45, 2.75) is 6.54 Å². The van der Waals surface area contributed by atoms with Crippen molar-refractivity contribution in [3.63, 3.8) is 0 Å². The molecule has 0 bridgehead atoms. The Labute approximate surface area is 139 Å². The van der Waals surface area contributed by atoms with E-state index in [1.54, 1.807) is 12.1 Å². The topological polar surface area (TPSA) is 55.2 Å². The first-order valence-corrected chi connectivity index (χ1v) is 7.43. The molecule has 0 spiro atoms. The van der Waals surface area contributed by atoms with Crippen LogP contribution in [0.3, 0.4) is 0 Å². The zero-order valence-corrected chi connectivity index (χ0v) is 13.7. The number of nitrogens with zero attached hydrogens (tertiary/aromatic N) is 1. The highest BCUT2D eigenvalue weighted by molar-refractivity contribution is 14.1. The summed E-state index contributed by atoms with van der Waals surface area (Å²) in [6.45, 7) is 0.232. The second-order valence-electron chi connectivity index (χ2n) is 3.97. The van der Waals surface area contributed by atoms with Crippen LogP contribution < -0.4 is 5.32 Å². The van der Waals surface area contributed by atoms with Gasteiger partial charge in [0.1, 0.15) is 0 Å². The van der Waals surface area contributed by atoms with Crippen molar-refractivity contribution >= 4 is 57.2 Å². The van der Waals surface area contributed by atoms with Crippen LogP contribution in [0.1, 0.15) is 5.56 Å². The zero-order chi connectivity index (χ0) is 14.7. The van der Waals surface area contributed by atoms with Gasteiger partial charge in [0, 0.05) is 16.2 Å². The standard InChI is InChI=1S/C13H9Cl2IN2O2/c14-10-2-1-3-13(18(19)20)9(10)7-17-12-5-4-8(16)6-11(12)15/h1-6,17H,7H2. The second kappa shape index (κ2) is 6.60. The van der Waals surface area contributed by atoms with Crippen LogP contribution in [0.4, 0.5) is 11.4 Å². The van der Waals surface area contributed by atoms with E-state index in [1.165, 1.54) is 6.07 Å². The Bertz CT molecular complexity index is 665. The number of nitrogens with one attached hydrogen (secondary N) is 1. The molecule has 1 N–H and O–H groups in total. The Morgan fingerprint density at radius 1 is 1.20 bits per heavy atom. The molecule has 0 aliphatic rings. The largest absolute Gasteiger partial charge is 0.379 e. The number of rotatable bonds is 4. The van der Waals surface area contributed by atoms with Gasteiger partial charge in [0.05, 0.1) is 26.2 Å². The molecular formula is C13H9Cl2IN2O2. The molecule has 0 aliphatic heterocycles. The molecule has 0 saturated carbocycles. The van der Waals surface area contributed by atoms with Crippen LogP contribution in [-0.2, 0) is 6.54 Å². The predicted octanol–water partition coefficient (Wildman–Crippen LogP) is 5.12. The zero-order valence-electron chi connectivity index (χ0n) is 10.1. The molecule has 0 aliphatic carbocycles. The van der Waals surface area contributed by atoms with E-state index in [2.05, 4.69) is 27.9 Å². The van der Waals surface area contributed by atoms with Gasteiger partial charge in [0.25, 0.3) is 5.69 Å². The van der Waals surface area contributed by atoms with Gasteiger partial charge in [0.2, 0.25) is 0 Å². The average molecular weight is 423 g/mol. The molecule has 0 amide bonds. The first-order chi connectivity index (χ1) is 9.49. The predicted molar refractivity (Wildman–Crippen MR) is 89.6 cm³/mol. The first-order valence-electron chi connectivity index (χ1n) is 5.59. The van der Waals surface area contributed by atoms with Gasteiger partial charge in [-0.1, -0.05) is 29.3 Å². The maximum Gasteiger partial charge on any atom is 0.275 e. The molecule has 0 aromatic heterocycles. The van der Waals surface area contributed by atoms with Crippen LogP contribution >= 0.6 is 45.8 Å². The Balaban J connectivity index is 2.25. The Kier molecular flexibility index (Phi) is 5.06. The first kappa shape index (κ1) is 15.3. The van der Waals surface area contributed by atoms with Gasteiger partial charge in [-0.2, -0.15) is 0 Å². The third-order valence-corrected chi connectivity index (χ3v) is 4.02. The van der Waals surface area contributed by atoms with E-state index in [0.717, 1.165) is 3.57 Å². The van der Waals surface area contributed by atoms with Crippen LogP contribution in [0.25, 0.3) is 0 Å². The van der Waals surface area contributed by atoms with Gasteiger partial charge in [0.15, 0.2) is 0 Å². The maximum absolute atomic E-state index is 11.0. The fourth-order valence-corrected chi connectivity index (χ4v) is 2.87. The molecule has 7 heteroatoms. The Morgan fingerprint density at radius 3 is 2.60 bits per heavy atom. The minimum Gasteiger partial charge on any atom is -0.379 e. The monoisotopic (exact) mass is 422 g/mol. The molecule has 2 aromatic rings. The van der Waals surface area contributed by atoms with E-state index in [0.29, 0.717) is 21.3 Å². The molecule has 20 heavy (non-hydrogen) atoms. The average Bonchev–Trinajstić information content (AvgIpc) is 2.38. The fourth-order valence-electron chi connectivity index (χ4n) is 1.71. The number of hydrogen-bond donors (Lipinski definition) is 1. The van der Waals surface area contributed by atoms with E-state index < -0.39 is 4.92 Å². The van der Waals surface area contributed by atoms with E-state index in [4.69, 9.17) is 23.2 Å². The van der Waals surface area contributed by atoms with Crippen LogP contribution in [0.15, 0.2) is 36.4 Å². The van der Waals surface area contributed by atoms with Crippen molar-refractivity contribution in [3.8, 4) is 0 Å². The molecule has 4 nitrogen and oxygen atoms in total. The molecule has 0 saturated heterocycles. The molecule has 2 aromatic carbocycles. The number of nitro groups is 1. The molecule has 0 radical (unpaired) electrons. The minimum absolute atomic E-state index is 0.00775. The smallest absolute Gasteiger partial charge is 0.275 e. The van der Waals surface area contributed by atoms with Crippen molar-refractivity contribution in [1.29, 1.82) is 0 Å². The van der Waals surface area contributed by atoms with E-state index in [-0.39, 0.29) is 12.2 Å². The van der Waals surface area contributed by atoms with Gasteiger partial charge >= 0.3 is 0 Å². The van der Waals surface area contributed by atoms with Gasteiger partial charge in [-0.05, 0) is 46.9 Å². The van der Waals surface area contributed by atoms with Gasteiger partial charge in [-0.25, -0.2) is 0 Å². The number of hydrogen-bond acceptors (Lipinski definition) is 3. The number of nitro benzene ring substituents is 1. The number of benzene rings is 2. The summed E-state index contributed by atoms with van der Waals surface area (Å²) in [6.07, 6.45) is 0. The molecule has 104 valence electrons. The summed E-state index contributed by atoms with van der Waals surface area (Å²) in [4.78, 5) is 10.5. The van der Waals surface area contributed by atoms with Crippen molar-refractivity contribution in [3.05, 3.63) is 65.7 Å². The second-order valence-corrected chi connectivity index (χ2v) is 6.03. The fraction of sp³-hybridized carbons (Fsp3) is 0.0769.